The van der Waals surface area contributed by atoms with E-state index in [0.29, 0.717) is 114 Å². The first-order valence-corrected chi connectivity index (χ1v) is 30.8. The van der Waals surface area contributed by atoms with Crippen molar-refractivity contribution in [2.24, 2.45) is 0 Å². The van der Waals surface area contributed by atoms with E-state index in [1.54, 1.807) is 24.3 Å². The number of piperazine rings is 4. The lowest BCUT2D eigenvalue weighted by Gasteiger charge is -2.45. The molecule has 0 aliphatic carbocycles. The van der Waals surface area contributed by atoms with Crippen molar-refractivity contribution in [3.05, 3.63) is 127 Å². The molecule has 6 aliphatic heterocycles. The molecule has 0 spiro atoms. The van der Waals surface area contributed by atoms with Crippen molar-refractivity contribution in [2.75, 3.05) is 141 Å². The number of anilines is 2. The molecule has 2 aromatic heterocycles. The van der Waals surface area contributed by atoms with Crippen molar-refractivity contribution >= 4 is 35.0 Å². The minimum absolute atomic E-state index is 0.0327. The fraction of sp³-hybridized carbons (Fsp3) is 0.594. The Morgan fingerprint density at radius 2 is 0.919 bits per heavy atom. The molecule has 86 heavy (non-hydrogen) atoms. The monoisotopic (exact) mass is 1190 g/mol. The number of aromatic amines is 2. The highest BCUT2D eigenvalue weighted by molar-refractivity contribution is 5.98. The molecule has 466 valence electrons. The van der Waals surface area contributed by atoms with Crippen LogP contribution in [0.15, 0.2) is 70.3 Å². The summed E-state index contributed by atoms with van der Waals surface area (Å²) in [7, 11) is 0. The van der Waals surface area contributed by atoms with Gasteiger partial charge in [-0.1, -0.05) is 52.0 Å². The molecule has 8 heterocycles. The van der Waals surface area contributed by atoms with Gasteiger partial charge < -0.3 is 49.7 Å². The second kappa shape index (κ2) is 26.6. The van der Waals surface area contributed by atoms with Gasteiger partial charge in [0, 0.05) is 174 Å². The first-order chi connectivity index (χ1) is 41.0. The average Bonchev–Trinajstić information content (AvgIpc) is 1.75. The minimum Gasteiger partial charge on any atom is -0.369 e. The molecule has 0 radical (unpaired) electrons. The van der Waals surface area contributed by atoms with E-state index in [0.717, 1.165) is 35.6 Å². The van der Waals surface area contributed by atoms with E-state index in [1.807, 2.05) is 59.4 Å². The predicted molar refractivity (Wildman–Crippen MR) is 326 cm³/mol. The maximum atomic E-state index is 14.3. The molecule has 4 amide bonds. The third kappa shape index (κ3) is 14.7. The summed E-state index contributed by atoms with van der Waals surface area (Å²) in [5.41, 5.74) is 4.22. The molecule has 20 nitrogen and oxygen atoms in total. The number of aromatic nitrogens is 2. The highest BCUT2D eigenvalue weighted by Crippen LogP contribution is 2.41. The lowest BCUT2D eigenvalue weighted by Crippen LogP contribution is -2.63. The number of nitrogens with zero attached hydrogens (tertiary/aromatic N) is 8. The van der Waals surface area contributed by atoms with E-state index in [4.69, 9.17) is 9.47 Å². The van der Waals surface area contributed by atoms with Gasteiger partial charge >= 0.3 is 0 Å². The summed E-state index contributed by atoms with van der Waals surface area (Å²) in [5.74, 6) is -0.945. The summed E-state index contributed by atoms with van der Waals surface area (Å²) in [4.78, 5) is 105. The van der Waals surface area contributed by atoms with Crippen LogP contribution in [0.25, 0.3) is 0 Å². The van der Waals surface area contributed by atoms with Crippen LogP contribution >= 0.6 is 0 Å². The van der Waals surface area contributed by atoms with Gasteiger partial charge in [-0.05, 0) is 75.2 Å². The zero-order valence-electron chi connectivity index (χ0n) is 51.4. The molecule has 0 bridgehead atoms. The zero-order valence-corrected chi connectivity index (χ0v) is 51.4. The number of halogens is 2. The molecule has 6 aliphatic rings. The van der Waals surface area contributed by atoms with Crippen LogP contribution in [0.5, 0.6) is 0 Å². The average molecular weight is 1190 g/mol. The number of hydrogen-bond donors (Lipinski definition) is 4. The number of ether oxygens (including phenoxy) is 2. The first kappa shape index (κ1) is 62.8. The van der Waals surface area contributed by atoms with Crippen molar-refractivity contribution in [1.82, 2.24) is 50.0 Å². The van der Waals surface area contributed by atoms with Gasteiger partial charge in [0.1, 0.15) is 24.8 Å². The van der Waals surface area contributed by atoms with Gasteiger partial charge in [0.25, 0.3) is 11.1 Å². The van der Waals surface area contributed by atoms with Crippen LogP contribution in [-0.2, 0) is 52.3 Å². The lowest BCUT2D eigenvalue weighted by molar-refractivity contribution is -0.142. The molecule has 6 atom stereocenters. The van der Waals surface area contributed by atoms with E-state index in [9.17, 15) is 37.5 Å². The van der Waals surface area contributed by atoms with E-state index < -0.39 is 10.8 Å². The molecule has 10 rings (SSSR count). The number of carbonyl (C=O) groups is 4. The van der Waals surface area contributed by atoms with Gasteiger partial charge in [-0.2, -0.15) is 0 Å². The van der Waals surface area contributed by atoms with Crippen molar-refractivity contribution in [3.8, 4) is 0 Å². The van der Waals surface area contributed by atoms with E-state index in [1.165, 1.54) is 24.3 Å². The quantitative estimate of drug-likeness (QED) is 0.0999. The smallest absolute Gasteiger partial charge is 0.251 e. The Morgan fingerprint density at radius 3 is 1.29 bits per heavy atom. The largest absolute Gasteiger partial charge is 0.369 e. The van der Waals surface area contributed by atoms with Gasteiger partial charge in [-0.3, -0.25) is 48.4 Å². The van der Waals surface area contributed by atoms with Crippen LogP contribution < -0.4 is 31.6 Å². The lowest BCUT2D eigenvalue weighted by atomic mass is 9.91. The Labute approximate surface area is 503 Å². The van der Waals surface area contributed by atoms with Crippen molar-refractivity contribution in [2.45, 2.75) is 115 Å². The number of rotatable bonds is 19. The summed E-state index contributed by atoms with van der Waals surface area (Å²) in [6.07, 6.45) is 0.633. The second-order valence-electron chi connectivity index (χ2n) is 26.4. The third-order valence-corrected chi connectivity index (χ3v) is 18.5. The SMILES string of the molecule is C[C@@H]1CN(CC(=O)N2CC(C)(C)c3[nH]c(=O)c(Cc4ccc(F)cc4)cc32)[C@@H](CN2CCN(C(=O)COCCOCC(=O)N3CCN(C[C@H]4CN[C@H](C)CN4CC(=O)N4CC(C)(C)c5[nH]c(=O)c(Cc6ccc(F)cc6)cc54)[C@H](C)C3)C[C@H]2C)CN1. The Hall–Kier alpha value is -6.24. The standard InChI is InChI=1S/C64H88F2N12O8/c1-41-29-75(35-55(79)77-39-63(5,6)59-53(77)25-47(61(83)69-59)23-45-9-13-49(65)14-10-45)51(27-67-41)33-71-17-19-73(31-43(71)3)57(81)37-85-21-22-86-38-58(82)74-20-18-72(44(4)32-74)34-52-28-68-42(2)30-76(52)36-56(80)78-40-64(7,8)60-54(78)26-48(62(84)70-60)24-46-11-15-50(66)16-12-46/h9-16,25-26,41-44,51-52,67-68H,17-24,27-40H2,1-8H3,(H,69,83)(H,70,84)/t41-,42-,43-,44-,51-,52-/m1/s1. The first-order valence-electron chi connectivity index (χ1n) is 30.8. The summed E-state index contributed by atoms with van der Waals surface area (Å²) in [5, 5.41) is 7.22. The van der Waals surface area contributed by atoms with Crippen LogP contribution in [-0.4, -0.2) is 230 Å². The Kier molecular flexibility index (Phi) is 19.4. The summed E-state index contributed by atoms with van der Waals surface area (Å²) in [6.45, 7) is 25.9. The summed E-state index contributed by atoms with van der Waals surface area (Å²) < 4.78 is 38.8. The number of amides is 4. The Balaban J connectivity index is 0.634. The van der Waals surface area contributed by atoms with Crippen molar-refractivity contribution in [3.63, 3.8) is 0 Å². The Morgan fingerprint density at radius 1 is 0.535 bits per heavy atom. The van der Waals surface area contributed by atoms with Gasteiger partial charge in [0.15, 0.2) is 0 Å². The maximum Gasteiger partial charge on any atom is 0.251 e. The number of benzene rings is 2. The van der Waals surface area contributed by atoms with Crippen LogP contribution in [0.1, 0.15) is 89.0 Å². The number of pyridine rings is 2. The van der Waals surface area contributed by atoms with Crippen LogP contribution in [0.2, 0.25) is 0 Å². The van der Waals surface area contributed by atoms with E-state index in [-0.39, 0.29) is 122 Å². The molecular formula is C64H88F2N12O8. The van der Waals surface area contributed by atoms with Crippen molar-refractivity contribution < 1.29 is 37.4 Å². The van der Waals surface area contributed by atoms with Crippen LogP contribution in [0.4, 0.5) is 20.2 Å². The molecular weight excluding hydrogens is 1100 g/mol. The van der Waals surface area contributed by atoms with Crippen LogP contribution in [0, 0.1) is 11.6 Å². The summed E-state index contributed by atoms with van der Waals surface area (Å²) in [6, 6.07) is 16.5. The second-order valence-corrected chi connectivity index (χ2v) is 26.4. The molecule has 4 N–H and O–H groups in total. The number of hydrogen-bond acceptors (Lipinski definition) is 14. The fourth-order valence-electron chi connectivity index (χ4n) is 13.5. The molecule has 4 saturated heterocycles. The highest BCUT2D eigenvalue weighted by atomic mass is 19.1. The molecule has 4 aromatic rings. The normalized spacial score (nSPS) is 24.5. The van der Waals surface area contributed by atoms with Crippen LogP contribution in [0.3, 0.4) is 0 Å². The van der Waals surface area contributed by atoms with Crippen molar-refractivity contribution in [1.29, 1.82) is 0 Å². The molecule has 0 unspecified atom stereocenters. The number of fused-ring (bicyclic) bond motifs is 2. The van der Waals surface area contributed by atoms with E-state index in [2.05, 4.69) is 67.9 Å². The van der Waals surface area contributed by atoms with Gasteiger partial charge in [-0.15, -0.1) is 0 Å². The number of carbonyl (C=O) groups excluding carboxylic acids is 4. The number of H-pyrrole nitrogens is 2. The third-order valence-electron chi connectivity index (χ3n) is 18.5. The van der Waals surface area contributed by atoms with Gasteiger partial charge in [0.05, 0.1) is 37.7 Å². The van der Waals surface area contributed by atoms with Gasteiger partial charge in [0.2, 0.25) is 23.6 Å². The Bertz CT molecular complexity index is 3000. The summed E-state index contributed by atoms with van der Waals surface area (Å²) >= 11 is 0. The topological polar surface area (TPSA) is 202 Å². The molecule has 2 aromatic carbocycles. The highest BCUT2D eigenvalue weighted by Gasteiger charge is 2.43. The van der Waals surface area contributed by atoms with Gasteiger partial charge in [-0.25, -0.2) is 8.78 Å². The molecule has 0 saturated carbocycles. The predicted octanol–water partition coefficient (Wildman–Crippen LogP) is 2.89. The minimum atomic E-state index is -0.455. The maximum absolute atomic E-state index is 14.3. The number of nitrogens with one attached hydrogen (secondary N) is 4. The molecule has 22 heteroatoms. The zero-order chi connectivity index (χ0) is 61.2. The van der Waals surface area contributed by atoms with E-state index >= 15 is 0 Å². The fourth-order valence-corrected chi connectivity index (χ4v) is 13.5. The molecule has 4 fully saturated rings.